The number of hydrogen-bond donors (Lipinski definition) is 0. The number of aromatic nitrogens is 1. The molecule has 0 radical (unpaired) electrons. The van der Waals surface area contributed by atoms with Gasteiger partial charge >= 0.3 is 0 Å². The number of ether oxygens (including phenoxy) is 1. The highest BCUT2D eigenvalue weighted by Gasteiger charge is 2.07. The maximum absolute atomic E-state index is 5.30. The fourth-order valence-electron chi connectivity index (χ4n) is 1.90. The van der Waals surface area contributed by atoms with Crippen molar-refractivity contribution in [3.63, 3.8) is 0 Å². The van der Waals surface area contributed by atoms with Crippen LogP contribution in [0.4, 0.5) is 5.13 Å². The molecule has 0 spiro atoms. The average Bonchev–Trinajstić information content (AvgIpc) is 2.96. The lowest BCUT2D eigenvalue weighted by Crippen LogP contribution is -2.34. The lowest BCUT2D eigenvalue weighted by molar-refractivity contribution is 0.0701. The molecule has 6 heteroatoms. The Morgan fingerprint density at radius 1 is 1.25 bits per heavy atom. The first kappa shape index (κ1) is 13.7. The van der Waals surface area contributed by atoms with Crippen molar-refractivity contribution in [2.24, 2.45) is 4.99 Å². The van der Waals surface area contributed by atoms with Crippen LogP contribution in [0.3, 0.4) is 0 Å². The predicted molar refractivity (Wildman–Crippen MR) is 85.8 cm³/mol. The zero-order valence-electron chi connectivity index (χ0n) is 10.8. The summed E-state index contributed by atoms with van der Waals surface area (Å²) in [6.45, 7) is 3.34. The standard InChI is InChI=1S/C14H14BrN3OS/c15-12-3-1-11(2-4-12)13-9-20-14(17-13)16-10-18-5-7-19-8-6-18/h1-4,9-10H,5-8H2. The Morgan fingerprint density at radius 3 is 2.75 bits per heavy atom. The third-order valence-electron chi connectivity index (χ3n) is 3.01. The minimum absolute atomic E-state index is 0.772. The number of aliphatic imine (C=N–C) groups is 1. The van der Waals surface area contributed by atoms with Crippen molar-refractivity contribution in [1.82, 2.24) is 9.88 Å². The first-order valence-electron chi connectivity index (χ1n) is 6.39. The van der Waals surface area contributed by atoms with Gasteiger partial charge in [-0.2, -0.15) is 0 Å². The summed E-state index contributed by atoms with van der Waals surface area (Å²) in [5, 5.41) is 2.82. The van der Waals surface area contributed by atoms with E-state index in [1.807, 2.05) is 23.9 Å². The molecule has 1 saturated heterocycles. The molecule has 1 aromatic carbocycles. The van der Waals surface area contributed by atoms with E-state index in [2.05, 4.69) is 42.9 Å². The first-order valence-corrected chi connectivity index (χ1v) is 8.06. The summed E-state index contributed by atoms with van der Waals surface area (Å²) in [7, 11) is 0. The minimum Gasteiger partial charge on any atom is -0.378 e. The van der Waals surface area contributed by atoms with Gasteiger partial charge in [-0.1, -0.05) is 28.1 Å². The van der Waals surface area contributed by atoms with E-state index in [-0.39, 0.29) is 0 Å². The maximum atomic E-state index is 5.30. The number of nitrogens with zero attached hydrogens (tertiary/aromatic N) is 3. The molecule has 2 aromatic rings. The van der Waals surface area contributed by atoms with Gasteiger partial charge in [-0.25, -0.2) is 9.98 Å². The lowest BCUT2D eigenvalue weighted by atomic mass is 10.2. The van der Waals surface area contributed by atoms with Crippen LogP contribution >= 0.6 is 27.3 Å². The first-order chi connectivity index (χ1) is 9.81. The van der Waals surface area contributed by atoms with E-state index in [9.17, 15) is 0 Å². The highest BCUT2D eigenvalue weighted by Crippen LogP contribution is 2.27. The van der Waals surface area contributed by atoms with Crippen molar-refractivity contribution in [2.75, 3.05) is 26.3 Å². The molecule has 0 N–H and O–H groups in total. The summed E-state index contributed by atoms with van der Waals surface area (Å²) in [4.78, 5) is 11.1. The Labute approximate surface area is 130 Å². The number of halogens is 1. The van der Waals surface area contributed by atoms with Crippen LogP contribution in [0.2, 0.25) is 0 Å². The number of rotatable bonds is 3. The van der Waals surface area contributed by atoms with Gasteiger partial charge in [-0.15, -0.1) is 11.3 Å². The summed E-state index contributed by atoms with van der Waals surface area (Å²) in [6, 6.07) is 8.14. The minimum atomic E-state index is 0.772. The molecule has 1 fully saturated rings. The molecule has 0 unspecified atom stereocenters. The third-order valence-corrected chi connectivity index (χ3v) is 4.29. The van der Waals surface area contributed by atoms with Gasteiger partial charge < -0.3 is 9.64 Å². The topological polar surface area (TPSA) is 37.7 Å². The SMILES string of the molecule is Brc1ccc(-c2csc(N=CN3CCOCC3)n2)cc1. The van der Waals surface area contributed by atoms with Crippen LogP contribution in [0.15, 0.2) is 39.1 Å². The maximum Gasteiger partial charge on any atom is 0.211 e. The zero-order chi connectivity index (χ0) is 13.8. The molecule has 0 amide bonds. The Hall–Kier alpha value is -1.24. The summed E-state index contributed by atoms with van der Waals surface area (Å²) in [5.41, 5.74) is 2.08. The number of benzene rings is 1. The smallest absolute Gasteiger partial charge is 0.211 e. The van der Waals surface area contributed by atoms with E-state index < -0.39 is 0 Å². The van der Waals surface area contributed by atoms with Gasteiger partial charge in [0.05, 0.1) is 25.2 Å². The number of morpholine rings is 1. The molecule has 1 aromatic heterocycles. The highest BCUT2D eigenvalue weighted by atomic mass is 79.9. The molecular weight excluding hydrogens is 338 g/mol. The second-order valence-electron chi connectivity index (χ2n) is 4.42. The zero-order valence-corrected chi connectivity index (χ0v) is 13.2. The Bertz CT molecular complexity index is 591. The quantitative estimate of drug-likeness (QED) is 0.626. The van der Waals surface area contributed by atoms with Crippen molar-refractivity contribution in [1.29, 1.82) is 0 Å². The molecule has 4 nitrogen and oxygen atoms in total. The van der Waals surface area contributed by atoms with E-state index in [4.69, 9.17) is 4.74 Å². The van der Waals surface area contributed by atoms with Gasteiger partial charge in [0, 0.05) is 28.5 Å². The molecule has 0 bridgehead atoms. The molecule has 2 heterocycles. The largest absolute Gasteiger partial charge is 0.378 e. The van der Waals surface area contributed by atoms with E-state index in [0.717, 1.165) is 47.2 Å². The van der Waals surface area contributed by atoms with Crippen LogP contribution in [0.25, 0.3) is 11.3 Å². The average molecular weight is 352 g/mol. The van der Waals surface area contributed by atoms with Crippen LogP contribution in [0.5, 0.6) is 0 Å². The van der Waals surface area contributed by atoms with Crippen molar-refractivity contribution >= 4 is 38.7 Å². The highest BCUT2D eigenvalue weighted by molar-refractivity contribution is 9.10. The Kier molecular flexibility index (Phi) is 4.44. The monoisotopic (exact) mass is 351 g/mol. The Balaban J connectivity index is 1.70. The van der Waals surface area contributed by atoms with Gasteiger partial charge in [0.2, 0.25) is 5.13 Å². The molecular formula is C14H14BrN3OS. The van der Waals surface area contributed by atoms with Crippen molar-refractivity contribution in [2.45, 2.75) is 0 Å². The number of hydrogen-bond acceptors (Lipinski definition) is 4. The van der Waals surface area contributed by atoms with Crippen LogP contribution in [0.1, 0.15) is 0 Å². The molecule has 104 valence electrons. The second kappa shape index (κ2) is 6.47. The van der Waals surface area contributed by atoms with Crippen molar-refractivity contribution < 1.29 is 4.74 Å². The van der Waals surface area contributed by atoms with Crippen LogP contribution in [0, 0.1) is 0 Å². The molecule has 1 aliphatic rings. The van der Waals surface area contributed by atoms with E-state index in [1.54, 1.807) is 11.3 Å². The van der Waals surface area contributed by atoms with Crippen molar-refractivity contribution in [3.05, 3.63) is 34.1 Å². The summed E-state index contributed by atoms with van der Waals surface area (Å²) in [6.07, 6.45) is 1.87. The molecule has 0 saturated carbocycles. The van der Waals surface area contributed by atoms with Crippen LogP contribution < -0.4 is 0 Å². The second-order valence-corrected chi connectivity index (χ2v) is 6.17. The molecule has 0 aliphatic carbocycles. The van der Waals surface area contributed by atoms with Crippen LogP contribution in [-0.2, 0) is 4.74 Å². The Morgan fingerprint density at radius 2 is 2.00 bits per heavy atom. The van der Waals surface area contributed by atoms with Crippen LogP contribution in [-0.4, -0.2) is 42.5 Å². The van der Waals surface area contributed by atoms with E-state index >= 15 is 0 Å². The van der Waals surface area contributed by atoms with Gasteiger partial charge in [0.1, 0.15) is 0 Å². The summed E-state index contributed by atoms with van der Waals surface area (Å²) < 4.78 is 6.37. The molecule has 1 aliphatic heterocycles. The van der Waals surface area contributed by atoms with Gasteiger partial charge in [0.15, 0.2) is 0 Å². The molecule has 3 rings (SSSR count). The normalized spacial score (nSPS) is 15.9. The fourth-order valence-corrected chi connectivity index (χ4v) is 2.83. The summed E-state index contributed by atoms with van der Waals surface area (Å²) >= 11 is 4.99. The molecule has 0 atom stereocenters. The summed E-state index contributed by atoms with van der Waals surface area (Å²) in [5.74, 6) is 0. The lowest BCUT2D eigenvalue weighted by Gasteiger charge is -2.23. The number of thiazole rings is 1. The fraction of sp³-hybridized carbons (Fsp3) is 0.286. The predicted octanol–water partition coefficient (Wildman–Crippen LogP) is 3.56. The molecule has 20 heavy (non-hydrogen) atoms. The van der Waals surface area contributed by atoms with Crippen molar-refractivity contribution in [3.8, 4) is 11.3 Å². The van der Waals surface area contributed by atoms with Gasteiger partial charge in [-0.3, -0.25) is 0 Å². The van der Waals surface area contributed by atoms with E-state index in [0.29, 0.717) is 0 Å². The van der Waals surface area contributed by atoms with E-state index in [1.165, 1.54) is 0 Å². The van der Waals surface area contributed by atoms with Gasteiger partial charge in [-0.05, 0) is 12.1 Å². The van der Waals surface area contributed by atoms with Gasteiger partial charge in [0.25, 0.3) is 0 Å². The third kappa shape index (κ3) is 3.45.